The molecule has 0 aliphatic heterocycles. The van der Waals surface area contributed by atoms with Gasteiger partial charge in [-0.05, 0) is 47.1 Å². The average Bonchev–Trinajstić information content (AvgIpc) is 2.67. The summed E-state index contributed by atoms with van der Waals surface area (Å²) in [5.74, 6) is -0.395. The lowest BCUT2D eigenvalue weighted by atomic mass is 10.0. The zero-order chi connectivity index (χ0) is 20.1. The van der Waals surface area contributed by atoms with E-state index >= 15 is 0 Å². The third kappa shape index (κ3) is 4.57. The molecule has 0 heterocycles. The average molecular weight is 391 g/mol. The first kappa shape index (κ1) is 19.2. The van der Waals surface area contributed by atoms with Crippen LogP contribution in [0.2, 0.25) is 0 Å². The molecule has 28 heavy (non-hydrogen) atoms. The van der Waals surface area contributed by atoms with E-state index in [1.54, 1.807) is 19.1 Å². The first-order valence-electron chi connectivity index (χ1n) is 8.47. The Bertz CT molecular complexity index is 1100. The minimum Gasteiger partial charge on any atom is -0.332 e. The SMILES string of the molecule is Cc1ccc([N+](=O)[O-])cc1NC(=S)NC(=O)/C=C/c1cccc2ccccc12. The summed E-state index contributed by atoms with van der Waals surface area (Å²) in [6.07, 6.45) is 3.12. The molecule has 3 aromatic rings. The molecular formula is C21H17N3O3S. The Morgan fingerprint density at radius 2 is 1.86 bits per heavy atom. The van der Waals surface area contributed by atoms with Crippen LogP contribution in [0.15, 0.2) is 66.7 Å². The smallest absolute Gasteiger partial charge is 0.271 e. The fourth-order valence-corrected chi connectivity index (χ4v) is 2.94. The first-order chi connectivity index (χ1) is 13.4. The van der Waals surface area contributed by atoms with Crippen molar-refractivity contribution in [2.75, 3.05) is 5.32 Å². The fraction of sp³-hybridized carbons (Fsp3) is 0.0476. The number of carbonyl (C=O) groups excluding carboxylic acids is 1. The molecule has 1 amide bonds. The Morgan fingerprint density at radius 3 is 2.64 bits per heavy atom. The van der Waals surface area contributed by atoms with Gasteiger partial charge in [0, 0.05) is 23.9 Å². The lowest BCUT2D eigenvalue weighted by Crippen LogP contribution is -2.33. The molecule has 6 nitrogen and oxygen atoms in total. The third-order valence-electron chi connectivity index (χ3n) is 4.15. The molecule has 0 aliphatic carbocycles. The van der Waals surface area contributed by atoms with Gasteiger partial charge in [0.15, 0.2) is 5.11 Å². The number of nitrogens with one attached hydrogen (secondary N) is 2. The van der Waals surface area contributed by atoms with Crippen LogP contribution < -0.4 is 10.6 Å². The standard InChI is InChI=1S/C21H17N3O3S/c1-14-9-11-17(24(26)27)13-19(14)22-21(28)23-20(25)12-10-16-7-4-6-15-5-2-3-8-18(15)16/h2-13H,1H3,(H2,22,23,25,28)/b12-10+. The van der Waals surface area contributed by atoms with E-state index in [0.29, 0.717) is 5.69 Å². The van der Waals surface area contributed by atoms with Crippen LogP contribution in [0, 0.1) is 17.0 Å². The van der Waals surface area contributed by atoms with Crippen LogP contribution in [0.1, 0.15) is 11.1 Å². The van der Waals surface area contributed by atoms with E-state index in [9.17, 15) is 14.9 Å². The zero-order valence-corrected chi connectivity index (χ0v) is 15.8. The summed E-state index contributed by atoms with van der Waals surface area (Å²) in [7, 11) is 0. The molecule has 0 fully saturated rings. The largest absolute Gasteiger partial charge is 0.332 e. The second-order valence-corrected chi connectivity index (χ2v) is 6.51. The minimum absolute atomic E-state index is 0.0573. The number of anilines is 1. The van der Waals surface area contributed by atoms with Gasteiger partial charge in [0.25, 0.3) is 5.69 Å². The highest BCUT2D eigenvalue weighted by Crippen LogP contribution is 2.22. The normalized spacial score (nSPS) is 10.8. The van der Waals surface area contributed by atoms with Crippen LogP contribution in [0.25, 0.3) is 16.8 Å². The molecule has 0 aliphatic rings. The van der Waals surface area contributed by atoms with Crippen molar-refractivity contribution in [2.45, 2.75) is 6.92 Å². The number of rotatable bonds is 4. The van der Waals surface area contributed by atoms with Crippen molar-refractivity contribution >= 4 is 51.5 Å². The monoisotopic (exact) mass is 391 g/mol. The summed E-state index contributed by atoms with van der Waals surface area (Å²) in [6, 6.07) is 18.2. The highest BCUT2D eigenvalue weighted by molar-refractivity contribution is 7.80. The molecule has 0 atom stereocenters. The molecular weight excluding hydrogens is 374 g/mol. The number of carbonyl (C=O) groups is 1. The number of nitrogens with zero attached hydrogens (tertiary/aromatic N) is 1. The maximum atomic E-state index is 12.2. The summed E-state index contributed by atoms with van der Waals surface area (Å²) in [4.78, 5) is 22.6. The maximum Gasteiger partial charge on any atom is 0.271 e. The number of benzene rings is 3. The molecule has 0 spiro atoms. The number of nitro benzene ring substituents is 1. The predicted molar refractivity (Wildman–Crippen MR) is 115 cm³/mol. The number of hydrogen-bond donors (Lipinski definition) is 2. The van der Waals surface area contributed by atoms with Gasteiger partial charge in [-0.2, -0.15) is 0 Å². The Hall–Kier alpha value is -3.58. The number of nitro groups is 1. The molecule has 0 bridgehead atoms. The van der Waals surface area contributed by atoms with Gasteiger partial charge in [-0.3, -0.25) is 20.2 Å². The Kier molecular flexibility index (Phi) is 5.76. The lowest BCUT2D eigenvalue weighted by molar-refractivity contribution is -0.384. The molecule has 0 aromatic heterocycles. The van der Waals surface area contributed by atoms with Crippen LogP contribution in [0.3, 0.4) is 0 Å². The van der Waals surface area contributed by atoms with Crippen LogP contribution in [0.4, 0.5) is 11.4 Å². The summed E-state index contributed by atoms with van der Waals surface area (Å²) in [5.41, 5.74) is 2.10. The second kappa shape index (κ2) is 8.41. The highest BCUT2D eigenvalue weighted by Gasteiger charge is 2.10. The van der Waals surface area contributed by atoms with E-state index in [0.717, 1.165) is 21.9 Å². The highest BCUT2D eigenvalue weighted by atomic mass is 32.1. The van der Waals surface area contributed by atoms with Crippen molar-refractivity contribution in [3.8, 4) is 0 Å². The van der Waals surface area contributed by atoms with Crippen molar-refractivity contribution in [1.29, 1.82) is 0 Å². The first-order valence-corrected chi connectivity index (χ1v) is 8.88. The predicted octanol–water partition coefficient (Wildman–Crippen LogP) is 4.58. The number of amides is 1. The number of non-ortho nitro benzene ring substituents is 1. The number of thiocarbonyl (C=S) groups is 1. The van der Waals surface area contributed by atoms with Crippen molar-refractivity contribution in [1.82, 2.24) is 5.32 Å². The summed E-state index contributed by atoms with van der Waals surface area (Å²) < 4.78 is 0. The molecule has 140 valence electrons. The Balaban J connectivity index is 1.68. The van der Waals surface area contributed by atoms with Crippen molar-refractivity contribution < 1.29 is 9.72 Å². The molecule has 7 heteroatoms. The molecule has 2 N–H and O–H groups in total. The van der Waals surface area contributed by atoms with Crippen molar-refractivity contribution in [2.24, 2.45) is 0 Å². The van der Waals surface area contributed by atoms with Crippen molar-refractivity contribution in [3.05, 3.63) is 88.0 Å². The van der Waals surface area contributed by atoms with Gasteiger partial charge in [0.2, 0.25) is 5.91 Å². The number of aryl methyl sites for hydroxylation is 1. The molecule has 0 unspecified atom stereocenters. The van der Waals surface area contributed by atoms with Gasteiger partial charge in [0.05, 0.1) is 4.92 Å². The summed E-state index contributed by atoms with van der Waals surface area (Å²) >= 11 is 5.14. The van der Waals surface area contributed by atoms with E-state index in [2.05, 4.69) is 10.6 Å². The Morgan fingerprint density at radius 1 is 1.11 bits per heavy atom. The molecule has 0 radical (unpaired) electrons. The van der Waals surface area contributed by atoms with Gasteiger partial charge in [0.1, 0.15) is 0 Å². The van der Waals surface area contributed by atoms with Crippen LogP contribution in [-0.2, 0) is 4.79 Å². The second-order valence-electron chi connectivity index (χ2n) is 6.10. The fourth-order valence-electron chi connectivity index (χ4n) is 2.73. The van der Waals surface area contributed by atoms with Gasteiger partial charge >= 0.3 is 0 Å². The van der Waals surface area contributed by atoms with Gasteiger partial charge in [-0.25, -0.2) is 0 Å². The topological polar surface area (TPSA) is 84.3 Å². The van der Waals surface area contributed by atoms with Gasteiger partial charge in [-0.15, -0.1) is 0 Å². The summed E-state index contributed by atoms with van der Waals surface area (Å²) in [5, 5.41) is 18.5. The quantitative estimate of drug-likeness (QED) is 0.294. The van der Waals surface area contributed by atoms with E-state index in [4.69, 9.17) is 12.2 Å². The molecule has 0 saturated heterocycles. The number of fused-ring (bicyclic) bond motifs is 1. The number of hydrogen-bond acceptors (Lipinski definition) is 4. The van der Waals surface area contributed by atoms with E-state index < -0.39 is 10.8 Å². The van der Waals surface area contributed by atoms with Crippen molar-refractivity contribution in [3.63, 3.8) is 0 Å². The lowest BCUT2D eigenvalue weighted by Gasteiger charge is -2.10. The van der Waals surface area contributed by atoms with Gasteiger partial charge in [-0.1, -0.05) is 48.5 Å². The zero-order valence-electron chi connectivity index (χ0n) is 15.0. The maximum absolute atomic E-state index is 12.2. The van der Waals surface area contributed by atoms with E-state index in [1.165, 1.54) is 18.2 Å². The summed E-state index contributed by atoms with van der Waals surface area (Å²) in [6.45, 7) is 1.79. The molecule has 3 rings (SSSR count). The van der Waals surface area contributed by atoms with Crippen LogP contribution >= 0.6 is 12.2 Å². The van der Waals surface area contributed by atoms with Gasteiger partial charge < -0.3 is 5.32 Å². The van der Waals surface area contributed by atoms with E-state index in [1.807, 2.05) is 42.5 Å². The van der Waals surface area contributed by atoms with E-state index in [-0.39, 0.29) is 10.8 Å². The third-order valence-corrected chi connectivity index (χ3v) is 4.36. The van der Waals surface area contributed by atoms with Crippen LogP contribution in [-0.4, -0.2) is 15.9 Å². The van der Waals surface area contributed by atoms with Crippen LogP contribution in [0.5, 0.6) is 0 Å². The Labute approximate surface area is 167 Å². The minimum atomic E-state index is -0.487. The molecule has 0 saturated carbocycles. The molecule has 3 aromatic carbocycles.